The third-order valence-electron chi connectivity index (χ3n) is 9.31. The largest absolute Gasteiger partial charge is 0.309 e. The van der Waals surface area contributed by atoms with Crippen molar-refractivity contribution in [3.05, 3.63) is 158 Å². The number of para-hydroxylation sites is 4. The van der Waals surface area contributed by atoms with E-state index in [2.05, 4.69) is 164 Å². The molecule has 0 aliphatic carbocycles. The highest BCUT2D eigenvalue weighted by Gasteiger charge is 2.22. The summed E-state index contributed by atoms with van der Waals surface area (Å²) < 4.78 is 7.24. The number of pyridine rings is 1. The number of aromatic nitrogens is 4. The molecule has 0 N–H and O–H groups in total. The molecule has 0 radical (unpaired) electrons. The van der Waals surface area contributed by atoms with Gasteiger partial charge < -0.3 is 13.7 Å². The van der Waals surface area contributed by atoms with Crippen LogP contribution in [-0.4, -0.2) is 18.7 Å². The van der Waals surface area contributed by atoms with Gasteiger partial charge in [0.25, 0.3) is 0 Å². The first kappa shape index (κ1) is 24.3. The van der Waals surface area contributed by atoms with E-state index in [1.807, 2.05) is 12.4 Å². The van der Waals surface area contributed by atoms with Crippen molar-refractivity contribution in [2.75, 3.05) is 0 Å². The molecule has 4 aromatic heterocycles. The molecular formula is C41H26N4. The Bertz CT molecular complexity index is 2750. The Kier molecular flexibility index (Phi) is 4.96. The molecule has 0 unspecified atom stereocenters. The Morgan fingerprint density at radius 3 is 1.49 bits per heavy atom. The van der Waals surface area contributed by atoms with Crippen molar-refractivity contribution >= 4 is 65.4 Å². The van der Waals surface area contributed by atoms with Crippen LogP contribution in [-0.2, 0) is 0 Å². The zero-order chi connectivity index (χ0) is 29.5. The molecule has 10 rings (SSSR count). The number of fused-ring (bicyclic) bond motifs is 10. The molecule has 0 bridgehead atoms. The summed E-state index contributed by atoms with van der Waals surface area (Å²) >= 11 is 0. The Balaban J connectivity index is 1.38. The van der Waals surface area contributed by atoms with Crippen LogP contribution in [0, 0.1) is 0 Å². The monoisotopic (exact) mass is 574 g/mol. The maximum absolute atomic E-state index is 4.55. The molecule has 4 heterocycles. The SMILES string of the molecule is c1ccc(-n2c3ccncc3c3cc(-n4c5ccccc5c5ccc6c7ccccc7n(-c7ccccc7)c6c54)ccc32)cc1. The molecule has 4 nitrogen and oxygen atoms in total. The topological polar surface area (TPSA) is 27.7 Å². The van der Waals surface area contributed by atoms with Crippen LogP contribution in [0.4, 0.5) is 0 Å². The fourth-order valence-corrected chi connectivity index (χ4v) is 7.46. The average molecular weight is 575 g/mol. The Morgan fingerprint density at radius 2 is 0.844 bits per heavy atom. The Hall–Kier alpha value is -6.13. The molecule has 0 saturated carbocycles. The van der Waals surface area contributed by atoms with Crippen molar-refractivity contribution in [1.82, 2.24) is 18.7 Å². The molecule has 0 saturated heterocycles. The second kappa shape index (κ2) is 9.18. The van der Waals surface area contributed by atoms with E-state index in [4.69, 9.17) is 0 Å². The Morgan fingerprint density at radius 1 is 0.333 bits per heavy atom. The van der Waals surface area contributed by atoms with Crippen LogP contribution in [0.25, 0.3) is 82.5 Å². The molecule has 45 heavy (non-hydrogen) atoms. The summed E-state index contributed by atoms with van der Waals surface area (Å²) in [6.45, 7) is 0. The van der Waals surface area contributed by atoms with Crippen LogP contribution in [0.15, 0.2) is 158 Å². The quantitative estimate of drug-likeness (QED) is 0.206. The first-order valence-corrected chi connectivity index (χ1v) is 15.3. The lowest BCUT2D eigenvalue weighted by atomic mass is 10.1. The van der Waals surface area contributed by atoms with Gasteiger partial charge in [0.1, 0.15) is 0 Å². The molecular weight excluding hydrogens is 548 g/mol. The van der Waals surface area contributed by atoms with E-state index in [-0.39, 0.29) is 0 Å². The van der Waals surface area contributed by atoms with Gasteiger partial charge in [-0.15, -0.1) is 0 Å². The summed E-state index contributed by atoms with van der Waals surface area (Å²) in [6, 6.07) is 52.5. The van der Waals surface area contributed by atoms with Crippen molar-refractivity contribution in [1.29, 1.82) is 0 Å². The lowest BCUT2D eigenvalue weighted by molar-refractivity contribution is 1.15. The first-order valence-electron chi connectivity index (χ1n) is 15.3. The van der Waals surface area contributed by atoms with E-state index in [0.717, 1.165) is 33.5 Å². The highest BCUT2D eigenvalue weighted by molar-refractivity contribution is 6.24. The number of hydrogen-bond acceptors (Lipinski definition) is 1. The minimum atomic E-state index is 1.13. The fraction of sp³-hybridized carbons (Fsp3) is 0. The minimum Gasteiger partial charge on any atom is -0.309 e. The highest BCUT2D eigenvalue weighted by atomic mass is 15.0. The van der Waals surface area contributed by atoms with Gasteiger partial charge >= 0.3 is 0 Å². The van der Waals surface area contributed by atoms with Crippen LogP contribution in [0.3, 0.4) is 0 Å². The molecule has 4 heteroatoms. The van der Waals surface area contributed by atoms with Gasteiger partial charge in [0.2, 0.25) is 0 Å². The molecule has 0 aliphatic heterocycles. The number of hydrogen-bond donors (Lipinski definition) is 0. The van der Waals surface area contributed by atoms with E-state index in [9.17, 15) is 0 Å². The van der Waals surface area contributed by atoms with Crippen molar-refractivity contribution in [3.63, 3.8) is 0 Å². The average Bonchev–Trinajstić information content (AvgIpc) is 3.74. The lowest BCUT2D eigenvalue weighted by Crippen LogP contribution is -1.99. The van der Waals surface area contributed by atoms with Crippen LogP contribution in [0.2, 0.25) is 0 Å². The van der Waals surface area contributed by atoms with Gasteiger partial charge in [-0.25, -0.2) is 0 Å². The molecule has 0 amide bonds. The second-order valence-electron chi connectivity index (χ2n) is 11.7. The number of nitrogens with zero attached hydrogens (tertiary/aromatic N) is 4. The summed E-state index contributed by atoms with van der Waals surface area (Å²) in [5.74, 6) is 0. The summed E-state index contributed by atoms with van der Waals surface area (Å²) in [5, 5.41) is 7.31. The smallest absolute Gasteiger partial charge is 0.0788 e. The van der Waals surface area contributed by atoms with E-state index < -0.39 is 0 Å². The van der Waals surface area contributed by atoms with Gasteiger partial charge in [-0.3, -0.25) is 4.98 Å². The van der Waals surface area contributed by atoms with Crippen LogP contribution < -0.4 is 0 Å². The van der Waals surface area contributed by atoms with Crippen molar-refractivity contribution in [3.8, 4) is 17.1 Å². The summed E-state index contributed by atoms with van der Waals surface area (Å²) in [5.41, 5.74) is 10.5. The molecule has 0 spiro atoms. The minimum absolute atomic E-state index is 1.13. The van der Waals surface area contributed by atoms with E-state index >= 15 is 0 Å². The molecule has 210 valence electrons. The van der Waals surface area contributed by atoms with E-state index in [0.29, 0.717) is 0 Å². The van der Waals surface area contributed by atoms with Crippen molar-refractivity contribution < 1.29 is 0 Å². The lowest BCUT2D eigenvalue weighted by Gasteiger charge is -2.13. The van der Waals surface area contributed by atoms with Crippen molar-refractivity contribution in [2.24, 2.45) is 0 Å². The molecule has 0 aliphatic rings. The van der Waals surface area contributed by atoms with E-state index in [1.54, 1.807) is 0 Å². The third-order valence-corrected chi connectivity index (χ3v) is 9.31. The summed E-state index contributed by atoms with van der Waals surface area (Å²) in [4.78, 5) is 4.55. The predicted octanol–water partition coefficient (Wildman–Crippen LogP) is 10.4. The number of benzene rings is 6. The Labute approximate surface area is 258 Å². The van der Waals surface area contributed by atoms with E-state index in [1.165, 1.54) is 49.0 Å². The zero-order valence-electron chi connectivity index (χ0n) is 24.3. The van der Waals surface area contributed by atoms with Gasteiger partial charge in [0, 0.05) is 61.8 Å². The van der Waals surface area contributed by atoms with Crippen LogP contribution in [0.1, 0.15) is 0 Å². The number of rotatable bonds is 3. The second-order valence-corrected chi connectivity index (χ2v) is 11.7. The summed E-state index contributed by atoms with van der Waals surface area (Å²) in [6.07, 6.45) is 3.88. The fourth-order valence-electron chi connectivity index (χ4n) is 7.46. The van der Waals surface area contributed by atoms with Gasteiger partial charge in [-0.05, 0) is 60.7 Å². The zero-order valence-corrected chi connectivity index (χ0v) is 24.3. The highest BCUT2D eigenvalue weighted by Crippen LogP contribution is 2.42. The first-order chi connectivity index (χ1) is 22.4. The van der Waals surface area contributed by atoms with Gasteiger partial charge in [0.15, 0.2) is 0 Å². The molecule has 0 fully saturated rings. The van der Waals surface area contributed by atoms with Crippen LogP contribution in [0.5, 0.6) is 0 Å². The van der Waals surface area contributed by atoms with Gasteiger partial charge in [-0.1, -0.05) is 84.9 Å². The normalized spacial score (nSPS) is 12.0. The maximum Gasteiger partial charge on any atom is 0.0788 e. The molecule has 0 atom stereocenters. The maximum atomic E-state index is 4.55. The molecule has 6 aromatic carbocycles. The molecule has 10 aromatic rings. The summed E-state index contributed by atoms with van der Waals surface area (Å²) in [7, 11) is 0. The van der Waals surface area contributed by atoms with Crippen molar-refractivity contribution in [2.45, 2.75) is 0 Å². The van der Waals surface area contributed by atoms with Gasteiger partial charge in [-0.2, -0.15) is 0 Å². The van der Waals surface area contributed by atoms with Crippen LogP contribution >= 0.6 is 0 Å². The predicted molar refractivity (Wildman–Crippen MR) is 187 cm³/mol. The third kappa shape index (κ3) is 3.34. The van der Waals surface area contributed by atoms with Gasteiger partial charge in [0.05, 0.1) is 33.1 Å². The standard InChI is InChI=1S/C41H26N4/c1-3-11-27(12-4-1)43-38-22-19-29(25-34(38)35-26-42-24-23-39(35)43)45-37-18-10-8-16-31(37)33-21-20-32-30-15-7-9-17-36(30)44(40(32)41(33)45)28-13-5-2-6-14-28/h1-26H.